The molecule has 102 valence electrons. The highest BCUT2D eigenvalue weighted by Crippen LogP contribution is 2.30. The minimum Gasteiger partial charge on any atom is -0.330 e. The van der Waals surface area contributed by atoms with Gasteiger partial charge in [0.05, 0.1) is 15.2 Å². The third-order valence-electron chi connectivity index (χ3n) is 3.15. The molecule has 0 saturated carbocycles. The van der Waals surface area contributed by atoms with Crippen molar-refractivity contribution in [2.75, 3.05) is 6.54 Å². The molecule has 0 aliphatic rings. The molecule has 5 heteroatoms. The Kier molecular flexibility index (Phi) is 4.47. The first-order valence-corrected chi connectivity index (χ1v) is 7.79. The third-order valence-corrected chi connectivity index (χ3v) is 5.79. The first-order valence-electron chi connectivity index (χ1n) is 5.87. The van der Waals surface area contributed by atoms with Crippen LogP contribution in [0.3, 0.4) is 0 Å². The monoisotopic (exact) mass is 289 g/mol. The van der Waals surface area contributed by atoms with Crippen LogP contribution in [0.4, 0.5) is 0 Å². The number of benzene rings is 1. The van der Waals surface area contributed by atoms with E-state index < -0.39 is 15.1 Å². The molecule has 1 aromatic rings. The standard InChI is InChI=1S/C13H20ClNO2S/c1-9(2)18(16,17)12-6-5-10(7-11(12)14)13(3,4)8-15/h5-7,9H,8,15H2,1-4H3. The van der Waals surface area contributed by atoms with Gasteiger partial charge in [-0.2, -0.15) is 0 Å². The summed E-state index contributed by atoms with van der Waals surface area (Å²) in [6, 6.07) is 5.06. The van der Waals surface area contributed by atoms with E-state index in [-0.39, 0.29) is 15.3 Å². The Morgan fingerprint density at radius 1 is 1.33 bits per heavy atom. The summed E-state index contributed by atoms with van der Waals surface area (Å²) < 4.78 is 24.1. The lowest BCUT2D eigenvalue weighted by Gasteiger charge is -2.24. The van der Waals surface area contributed by atoms with Crippen molar-refractivity contribution >= 4 is 21.4 Å². The Morgan fingerprint density at radius 2 is 1.89 bits per heavy atom. The van der Waals surface area contributed by atoms with Crippen LogP contribution in [0, 0.1) is 0 Å². The zero-order valence-electron chi connectivity index (χ0n) is 11.2. The van der Waals surface area contributed by atoms with Crippen molar-refractivity contribution in [2.45, 2.75) is 43.3 Å². The van der Waals surface area contributed by atoms with Gasteiger partial charge < -0.3 is 5.73 Å². The maximum Gasteiger partial charge on any atom is 0.182 e. The molecule has 0 aliphatic carbocycles. The maximum absolute atomic E-state index is 12.1. The van der Waals surface area contributed by atoms with Gasteiger partial charge >= 0.3 is 0 Å². The second kappa shape index (κ2) is 5.19. The number of hydrogen-bond donors (Lipinski definition) is 1. The quantitative estimate of drug-likeness (QED) is 0.927. The van der Waals surface area contributed by atoms with Crippen LogP contribution in [0.15, 0.2) is 23.1 Å². The Bertz CT molecular complexity index is 536. The fourth-order valence-electron chi connectivity index (χ4n) is 1.52. The molecule has 0 spiro atoms. The molecular weight excluding hydrogens is 270 g/mol. The van der Waals surface area contributed by atoms with Gasteiger partial charge in [0, 0.05) is 12.0 Å². The topological polar surface area (TPSA) is 60.2 Å². The van der Waals surface area contributed by atoms with Crippen LogP contribution in [-0.2, 0) is 15.3 Å². The largest absolute Gasteiger partial charge is 0.330 e. The Morgan fingerprint density at radius 3 is 2.28 bits per heavy atom. The van der Waals surface area contributed by atoms with E-state index in [1.807, 2.05) is 13.8 Å². The fraction of sp³-hybridized carbons (Fsp3) is 0.538. The van der Waals surface area contributed by atoms with Gasteiger partial charge in [-0.05, 0) is 31.5 Å². The van der Waals surface area contributed by atoms with Gasteiger partial charge in [-0.1, -0.05) is 31.5 Å². The van der Waals surface area contributed by atoms with Gasteiger partial charge in [-0.15, -0.1) is 0 Å². The lowest BCUT2D eigenvalue weighted by atomic mass is 9.85. The number of hydrogen-bond acceptors (Lipinski definition) is 3. The van der Waals surface area contributed by atoms with Crippen LogP contribution in [-0.4, -0.2) is 20.2 Å². The molecule has 0 radical (unpaired) electrons. The maximum atomic E-state index is 12.1. The van der Waals surface area contributed by atoms with Crippen LogP contribution in [0.5, 0.6) is 0 Å². The number of rotatable bonds is 4. The predicted octanol–water partition coefficient (Wildman–Crippen LogP) is 2.76. The molecule has 0 aromatic heterocycles. The van der Waals surface area contributed by atoms with Crippen molar-refractivity contribution in [3.8, 4) is 0 Å². The normalized spacial score (nSPS) is 13.1. The molecule has 2 N–H and O–H groups in total. The minimum atomic E-state index is -3.34. The Balaban J connectivity index is 3.33. The molecule has 0 amide bonds. The number of nitrogens with two attached hydrogens (primary N) is 1. The van der Waals surface area contributed by atoms with E-state index in [1.54, 1.807) is 32.0 Å². The van der Waals surface area contributed by atoms with Crippen molar-refractivity contribution < 1.29 is 8.42 Å². The molecule has 0 saturated heterocycles. The van der Waals surface area contributed by atoms with E-state index in [1.165, 1.54) is 0 Å². The van der Waals surface area contributed by atoms with Gasteiger partial charge in [-0.25, -0.2) is 8.42 Å². The highest BCUT2D eigenvalue weighted by atomic mass is 35.5. The molecule has 18 heavy (non-hydrogen) atoms. The number of halogens is 1. The molecule has 1 rings (SSSR count). The second-order valence-corrected chi connectivity index (χ2v) is 8.21. The average molecular weight is 290 g/mol. The summed E-state index contributed by atoms with van der Waals surface area (Å²) in [6.07, 6.45) is 0. The molecule has 0 aliphatic heterocycles. The van der Waals surface area contributed by atoms with E-state index in [0.717, 1.165) is 5.56 Å². The van der Waals surface area contributed by atoms with E-state index in [0.29, 0.717) is 6.54 Å². The molecule has 0 unspecified atom stereocenters. The first-order chi connectivity index (χ1) is 8.13. The fourth-order valence-corrected chi connectivity index (χ4v) is 3.12. The van der Waals surface area contributed by atoms with Gasteiger partial charge in [0.25, 0.3) is 0 Å². The molecule has 0 bridgehead atoms. The smallest absolute Gasteiger partial charge is 0.182 e. The second-order valence-electron chi connectivity index (χ2n) is 5.33. The van der Waals surface area contributed by atoms with E-state index in [2.05, 4.69) is 0 Å². The van der Waals surface area contributed by atoms with Crippen LogP contribution in [0.25, 0.3) is 0 Å². The summed E-state index contributed by atoms with van der Waals surface area (Å²) >= 11 is 6.10. The van der Waals surface area contributed by atoms with Gasteiger partial charge in [0.15, 0.2) is 9.84 Å². The predicted molar refractivity (Wildman–Crippen MR) is 75.9 cm³/mol. The van der Waals surface area contributed by atoms with Gasteiger partial charge in [0.1, 0.15) is 0 Å². The third kappa shape index (κ3) is 2.87. The average Bonchev–Trinajstić information content (AvgIpc) is 2.28. The molecule has 1 aromatic carbocycles. The Labute approximate surface area is 114 Å². The van der Waals surface area contributed by atoms with Crippen LogP contribution in [0.2, 0.25) is 5.02 Å². The summed E-state index contributed by atoms with van der Waals surface area (Å²) in [5.74, 6) is 0. The van der Waals surface area contributed by atoms with E-state index >= 15 is 0 Å². The summed E-state index contributed by atoms with van der Waals surface area (Å²) in [7, 11) is -3.34. The zero-order chi connectivity index (χ0) is 14.1. The highest BCUT2D eigenvalue weighted by molar-refractivity contribution is 7.92. The molecule has 0 heterocycles. The van der Waals surface area contributed by atoms with Crippen molar-refractivity contribution in [3.63, 3.8) is 0 Å². The van der Waals surface area contributed by atoms with E-state index in [9.17, 15) is 8.42 Å². The van der Waals surface area contributed by atoms with Crippen LogP contribution in [0.1, 0.15) is 33.3 Å². The summed E-state index contributed by atoms with van der Waals surface area (Å²) in [5, 5.41) is -0.217. The van der Waals surface area contributed by atoms with Crippen molar-refractivity contribution in [3.05, 3.63) is 28.8 Å². The van der Waals surface area contributed by atoms with Crippen molar-refractivity contribution in [2.24, 2.45) is 5.73 Å². The Hall–Kier alpha value is -0.580. The van der Waals surface area contributed by atoms with Gasteiger partial charge in [-0.3, -0.25) is 0 Å². The first kappa shape index (κ1) is 15.5. The van der Waals surface area contributed by atoms with Crippen LogP contribution < -0.4 is 5.73 Å². The van der Waals surface area contributed by atoms with Crippen LogP contribution >= 0.6 is 11.6 Å². The molecular formula is C13H20ClNO2S. The molecule has 0 fully saturated rings. The highest BCUT2D eigenvalue weighted by Gasteiger charge is 2.25. The summed E-state index contributed by atoms with van der Waals surface area (Å²) in [4.78, 5) is 0.190. The van der Waals surface area contributed by atoms with Gasteiger partial charge in [0.2, 0.25) is 0 Å². The zero-order valence-corrected chi connectivity index (χ0v) is 12.8. The minimum absolute atomic E-state index is 0.190. The van der Waals surface area contributed by atoms with Crippen molar-refractivity contribution in [1.82, 2.24) is 0 Å². The number of sulfone groups is 1. The lowest BCUT2D eigenvalue weighted by molar-refractivity contribution is 0.538. The molecule has 3 nitrogen and oxygen atoms in total. The molecule has 0 atom stereocenters. The van der Waals surface area contributed by atoms with E-state index in [4.69, 9.17) is 17.3 Å². The lowest BCUT2D eigenvalue weighted by Crippen LogP contribution is -2.28. The summed E-state index contributed by atoms with van der Waals surface area (Å²) in [6.45, 7) is 7.75. The SMILES string of the molecule is CC(C)S(=O)(=O)c1ccc(C(C)(C)CN)cc1Cl. The van der Waals surface area contributed by atoms with Crippen molar-refractivity contribution in [1.29, 1.82) is 0 Å². The summed E-state index contributed by atoms with van der Waals surface area (Å²) in [5.41, 5.74) is 6.42.